The molecule has 129 heavy (non-hydrogen) atoms. The van der Waals surface area contributed by atoms with Crippen molar-refractivity contribution in [3.8, 4) is 39.1 Å². The van der Waals surface area contributed by atoms with Crippen molar-refractivity contribution in [3.05, 3.63) is 358 Å². The van der Waals surface area contributed by atoms with Gasteiger partial charge in [-0.25, -0.2) is 62.6 Å². The van der Waals surface area contributed by atoms with Crippen molar-refractivity contribution in [1.29, 1.82) is 0 Å². The third kappa shape index (κ3) is 30.5. The van der Waals surface area contributed by atoms with Gasteiger partial charge in [0.1, 0.15) is 55.9 Å². The van der Waals surface area contributed by atoms with Crippen molar-refractivity contribution in [2.24, 2.45) is 0 Å². The standard InChI is InChI=1S/C26H24N4O4S.C26H26N4O3S.C25H23N3O4S2.C18H23ClN2O3S2/c1-20(31)19-34-24-6-2-5-22(15-24)18-30(35(32,33)25-7-3-12-27-16-25)17-21-8-10-23(11-9-21)26-28-13-4-14-29-26;1-21(31)8-9-22-5-2-6-24(17-22)20-29(34(32,33)26-7-3-14-27-18-26)19-23-10-12-25(13-11-23)30-16-4-15-28-30;1-19(29)18-32-23-5-2-4-21(14-23)17-28(34(30,31)24-6-3-11-26-15-24)16-20-7-9-22(10-8-20)25-27-12-13-33-25;1-14(22)17-13-25-18(20-17)9-5-11-21(26(2,23)24)10-4-7-15-6-3-8-16(19)12-15/h2-16H,17-19H2,1H3;2-7,10-18H,8-9,19-20H2,1H3;2-15H,16-18H2,1H3;3,6,8,12-13H,4-5,7,9-11H2,1-2H3. The Morgan fingerprint density at radius 3 is 1.31 bits per heavy atom. The number of nitrogens with zero attached hydrogens (tertiary/aromatic N) is 13. The third-order valence-corrected chi connectivity index (χ3v) is 28.1. The van der Waals surface area contributed by atoms with Crippen LogP contribution < -0.4 is 9.47 Å². The lowest BCUT2D eigenvalue weighted by Crippen LogP contribution is -2.32. The maximum absolute atomic E-state index is 13.5. The molecule has 668 valence electrons. The highest BCUT2D eigenvalue weighted by atomic mass is 35.5. The van der Waals surface area contributed by atoms with Crippen LogP contribution >= 0.6 is 34.3 Å². The van der Waals surface area contributed by atoms with E-state index in [4.69, 9.17) is 21.1 Å². The first-order chi connectivity index (χ1) is 62.0. The number of halogens is 1. The first kappa shape index (κ1) is 97.4. The number of benzene rings is 7. The van der Waals surface area contributed by atoms with E-state index in [1.807, 2.05) is 151 Å². The van der Waals surface area contributed by atoms with Crippen molar-refractivity contribution in [1.82, 2.24) is 61.9 Å². The fourth-order valence-corrected chi connectivity index (χ4v) is 19.8. The summed E-state index contributed by atoms with van der Waals surface area (Å²) in [6, 6.07) is 65.4. The molecule has 7 aromatic heterocycles. The fraction of sp³-hybridized carbons (Fsp3) is 0.221. The van der Waals surface area contributed by atoms with Crippen LogP contribution in [0.5, 0.6) is 11.5 Å². The Morgan fingerprint density at radius 2 is 0.876 bits per heavy atom. The predicted molar refractivity (Wildman–Crippen MR) is 498 cm³/mol. The van der Waals surface area contributed by atoms with Gasteiger partial charge in [-0.1, -0.05) is 133 Å². The number of carbonyl (C=O) groups is 4. The van der Waals surface area contributed by atoms with Gasteiger partial charge in [0.15, 0.2) is 23.2 Å². The van der Waals surface area contributed by atoms with Crippen LogP contribution in [0.4, 0.5) is 0 Å². The van der Waals surface area contributed by atoms with Crippen LogP contribution in [0.1, 0.15) is 107 Å². The molecule has 0 fully saturated rings. The summed E-state index contributed by atoms with van der Waals surface area (Å²) in [5.41, 5.74) is 10.2. The van der Waals surface area contributed by atoms with E-state index in [9.17, 15) is 52.8 Å². The molecular formula is C95H96ClN13O14S6. The highest BCUT2D eigenvalue weighted by Gasteiger charge is 2.30. The molecule has 0 saturated heterocycles. The highest BCUT2D eigenvalue weighted by molar-refractivity contribution is 7.89. The number of Topliss-reactive ketones (excluding diaryl/α,β-unsaturated/α-hetero) is 4. The van der Waals surface area contributed by atoms with Crippen LogP contribution in [0.15, 0.2) is 312 Å². The van der Waals surface area contributed by atoms with Crippen molar-refractivity contribution in [3.63, 3.8) is 0 Å². The number of carbonyl (C=O) groups excluding carboxylic acids is 4. The molecule has 0 N–H and O–H groups in total. The molecule has 0 atom stereocenters. The molecule has 0 radical (unpaired) electrons. The molecule has 0 bridgehead atoms. The van der Waals surface area contributed by atoms with Gasteiger partial charge in [0.2, 0.25) is 40.1 Å². The first-order valence-electron chi connectivity index (χ1n) is 40.8. The molecule has 0 spiro atoms. The third-order valence-electron chi connectivity index (χ3n) is 19.5. The van der Waals surface area contributed by atoms with Gasteiger partial charge in [0.05, 0.1) is 17.0 Å². The number of ether oxygens (including phenoxy) is 2. The van der Waals surface area contributed by atoms with Crippen LogP contribution in [-0.4, -0.2) is 151 Å². The molecule has 14 rings (SSSR count). The number of ketones is 4. The zero-order chi connectivity index (χ0) is 91.8. The van der Waals surface area contributed by atoms with Gasteiger partial charge in [-0.3, -0.25) is 29.3 Å². The number of aryl methyl sites for hydroxylation is 3. The van der Waals surface area contributed by atoms with Crippen molar-refractivity contribution >= 4 is 97.5 Å². The van der Waals surface area contributed by atoms with Gasteiger partial charge < -0.3 is 14.3 Å². The number of hydrogen-bond donors (Lipinski definition) is 0. The molecule has 0 aliphatic heterocycles. The molecule has 0 amide bonds. The summed E-state index contributed by atoms with van der Waals surface area (Å²) in [5, 5.41) is 10.4. The summed E-state index contributed by atoms with van der Waals surface area (Å²) in [5.74, 6) is 1.51. The summed E-state index contributed by atoms with van der Waals surface area (Å²) >= 11 is 8.96. The molecule has 0 aliphatic carbocycles. The summed E-state index contributed by atoms with van der Waals surface area (Å²) in [7, 11) is -14.7. The van der Waals surface area contributed by atoms with Crippen molar-refractivity contribution < 1.29 is 62.3 Å². The van der Waals surface area contributed by atoms with Gasteiger partial charge in [0, 0.05) is 167 Å². The zero-order valence-electron chi connectivity index (χ0n) is 71.5. The maximum atomic E-state index is 13.5. The Kier molecular flexibility index (Phi) is 36.0. The van der Waals surface area contributed by atoms with Gasteiger partial charge in [-0.15, -0.1) is 22.7 Å². The lowest BCUT2D eigenvalue weighted by Gasteiger charge is -2.23. The number of sulfonamides is 4. The Hall–Kier alpha value is -12.3. The largest absolute Gasteiger partial charge is 0.486 e. The second-order valence-corrected chi connectivity index (χ2v) is 39.9. The van der Waals surface area contributed by atoms with E-state index in [1.165, 1.54) is 98.7 Å². The number of hydrogen-bond acceptors (Lipinski definition) is 24. The monoisotopic (exact) mass is 1870 g/mol. The van der Waals surface area contributed by atoms with E-state index in [2.05, 4.69) is 40.0 Å². The fourth-order valence-electron chi connectivity index (χ4n) is 13.0. The SMILES string of the molecule is CC(=O)CCc1cccc(CN(Cc2ccc(-n3cccn3)cc2)S(=O)(=O)c2cccnc2)c1.CC(=O)COc1cccc(CN(Cc2ccc(-c3ncccn3)cc2)S(=O)(=O)c2cccnc2)c1.CC(=O)COc1cccc(CN(Cc2ccc(-c3nccs3)cc2)S(=O)(=O)c2cccnc2)c1.CC(=O)c1csc(CCCN(CCCc2cccc(Cl)c2)S(C)(=O)=O)n1. The minimum Gasteiger partial charge on any atom is -0.486 e. The lowest BCUT2D eigenvalue weighted by atomic mass is 10.1. The molecule has 0 saturated carbocycles. The van der Waals surface area contributed by atoms with Gasteiger partial charge in [-0.05, 0) is 188 Å². The molecule has 27 nitrogen and oxygen atoms in total. The zero-order valence-corrected chi connectivity index (χ0v) is 77.1. The molecule has 0 aliphatic rings. The van der Waals surface area contributed by atoms with Crippen LogP contribution in [-0.2, 0) is 113 Å². The molecule has 7 aromatic carbocycles. The number of aromatic nitrogens is 9. The molecular weight excluding hydrogens is 1770 g/mol. The molecule has 7 heterocycles. The normalized spacial score (nSPS) is 11.6. The van der Waals surface area contributed by atoms with Gasteiger partial charge in [-0.2, -0.15) is 18.0 Å². The molecule has 34 heteroatoms. The van der Waals surface area contributed by atoms with Crippen LogP contribution in [0.2, 0.25) is 5.02 Å². The Balaban J connectivity index is 0.000000167. The Labute approximate surface area is 765 Å². The van der Waals surface area contributed by atoms with E-state index < -0.39 is 40.1 Å². The second-order valence-electron chi connectivity index (χ2n) is 29.8. The van der Waals surface area contributed by atoms with E-state index in [0.29, 0.717) is 66.8 Å². The smallest absolute Gasteiger partial charge is 0.245 e. The quantitative estimate of drug-likeness (QED) is 0.0322. The van der Waals surface area contributed by atoms with Gasteiger partial charge in [0.25, 0.3) is 0 Å². The first-order valence-corrected chi connectivity index (χ1v) is 49.1. The van der Waals surface area contributed by atoms with E-state index in [-0.39, 0.29) is 90.3 Å². The van der Waals surface area contributed by atoms with Crippen molar-refractivity contribution in [2.45, 2.75) is 120 Å². The predicted octanol–water partition coefficient (Wildman–Crippen LogP) is 16.5. The summed E-state index contributed by atoms with van der Waals surface area (Å²) in [6.45, 7) is 7.76. The summed E-state index contributed by atoms with van der Waals surface area (Å²) in [4.78, 5) is 74.6. The van der Waals surface area contributed by atoms with E-state index in [1.54, 1.807) is 126 Å². The highest BCUT2D eigenvalue weighted by Crippen LogP contribution is 2.30. The minimum atomic E-state index is -3.85. The average molecular weight is 1870 g/mol. The second kappa shape index (κ2) is 47.7. The maximum Gasteiger partial charge on any atom is 0.245 e. The lowest BCUT2D eigenvalue weighted by molar-refractivity contribution is -0.119. The number of thiazole rings is 2. The topological polar surface area (TPSA) is 344 Å². The van der Waals surface area contributed by atoms with Gasteiger partial charge >= 0.3 is 0 Å². The van der Waals surface area contributed by atoms with E-state index in [0.717, 1.165) is 84.2 Å². The van der Waals surface area contributed by atoms with Crippen molar-refractivity contribution in [2.75, 3.05) is 32.6 Å². The summed E-state index contributed by atoms with van der Waals surface area (Å²) < 4.78 is 124. The van der Waals surface area contributed by atoms with Crippen LogP contribution in [0.25, 0.3) is 27.6 Å². The number of pyridine rings is 3. The molecule has 0 unspecified atom stereocenters. The minimum absolute atomic E-state index is 0.0351. The Bertz CT molecular complexity index is 6250. The Morgan fingerprint density at radius 1 is 0.419 bits per heavy atom. The van der Waals surface area contributed by atoms with Crippen LogP contribution in [0, 0.1) is 0 Å². The van der Waals surface area contributed by atoms with Crippen LogP contribution in [0.3, 0.4) is 0 Å². The average Bonchev–Trinajstić information content (AvgIpc) is 0.871. The van der Waals surface area contributed by atoms with E-state index >= 15 is 0 Å². The number of rotatable bonds is 40. The molecule has 14 aromatic rings. The summed E-state index contributed by atoms with van der Waals surface area (Å²) in [6.07, 6.45) is 22.5.